The SMILES string of the molecule is COc1ccc(S(=O)(=O)NCC(C)(C)N)cc1C. The van der Waals surface area contributed by atoms with Crippen LogP contribution < -0.4 is 15.2 Å². The molecular weight excluding hydrogens is 252 g/mol. The molecule has 5 nitrogen and oxygen atoms in total. The number of methoxy groups -OCH3 is 1. The van der Waals surface area contributed by atoms with Crippen LogP contribution in [0.1, 0.15) is 19.4 Å². The van der Waals surface area contributed by atoms with Crippen molar-refractivity contribution in [3.63, 3.8) is 0 Å². The van der Waals surface area contributed by atoms with Crippen molar-refractivity contribution in [2.75, 3.05) is 13.7 Å². The van der Waals surface area contributed by atoms with Gasteiger partial charge in [-0.25, -0.2) is 13.1 Å². The van der Waals surface area contributed by atoms with E-state index < -0.39 is 15.6 Å². The lowest BCUT2D eigenvalue weighted by Crippen LogP contribution is -2.45. The summed E-state index contributed by atoms with van der Waals surface area (Å²) in [6.07, 6.45) is 0. The molecule has 0 aromatic heterocycles. The third kappa shape index (κ3) is 3.97. The van der Waals surface area contributed by atoms with Crippen LogP contribution in [0.3, 0.4) is 0 Å². The molecule has 0 saturated carbocycles. The van der Waals surface area contributed by atoms with E-state index in [0.717, 1.165) is 5.56 Å². The van der Waals surface area contributed by atoms with Crippen LogP contribution >= 0.6 is 0 Å². The number of nitrogens with one attached hydrogen (secondary N) is 1. The summed E-state index contributed by atoms with van der Waals surface area (Å²) < 4.78 is 31.6. The maximum absolute atomic E-state index is 12.0. The molecule has 6 heteroatoms. The molecule has 0 unspecified atom stereocenters. The van der Waals surface area contributed by atoms with Gasteiger partial charge in [-0.3, -0.25) is 0 Å². The van der Waals surface area contributed by atoms with E-state index in [1.165, 1.54) is 6.07 Å². The van der Waals surface area contributed by atoms with E-state index in [1.807, 2.05) is 0 Å². The summed E-state index contributed by atoms with van der Waals surface area (Å²) in [7, 11) is -1.98. The quantitative estimate of drug-likeness (QED) is 0.838. The summed E-state index contributed by atoms with van der Waals surface area (Å²) in [6.45, 7) is 5.49. The van der Waals surface area contributed by atoms with Gasteiger partial charge in [0.05, 0.1) is 12.0 Å². The lowest BCUT2D eigenvalue weighted by atomic mass is 10.1. The van der Waals surface area contributed by atoms with E-state index in [1.54, 1.807) is 40.0 Å². The van der Waals surface area contributed by atoms with Gasteiger partial charge in [0.15, 0.2) is 0 Å². The molecule has 0 radical (unpaired) electrons. The molecule has 0 heterocycles. The summed E-state index contributed by atoms with van der Waals surface area (Å²) in [5.74, 6) is 0.660. The second-order valence-electron chi connectivity index (χ2n) is 4.94. The molecule has 0 spiro atoms. The molecule has 0 aliphatic heterocycles. The minimum Gasteiger partial charge on any atom is -0.496 e. The molecule has 1 aromatic carbocycles. The molecule has 1 rings (SSSR count). The van der Waals surface area contributed by atoms with Crippen LogP contribution in [0.25, 0.3) is 0 Å². The molecule has 102 valence electrons. The lowest BCUT2D eigenvalue weighted by Gasteiger charge is -2.19. The monoisotopic (exact) mass is 272 g/mol. The predicted octanol–water partition coefficient (Wildman–Crippen LogP) is 1.02. The number of benzene rings is 1. The normalized spacial score (nSPS) is 12.5. The zero-order valence-corrected chi connectivity index (χ0v) is 12.0. The number of ether oxygens (including phenoxy) is 1. The smallest absolute Gasteiger partial charge is 0.240 e. The van der Waals surface area contributed by atoms with E-state index >= 15 is 0 Å². The van der Waals surface area contributed by atoms with E-state index in [-0.39, 0.29) is 11.4 Å². The molecule has 3 N–H and O–H groups in total. The van der Waals surface area contributed by atoms with Crippen molar-refractivity contribution in [1.29, 1.82) is 0 Å². The maximum Gasteiger partial charge on any atom is 0.240 e. The molecule has 1 aromatic rings. The van der Waals surface area contributed by atoms with Crippen molar-refractivity contribution >= 4 is 10.0 Å². The third-order valence-corrected chi connectivity index (χ3v) is 3.79. The highest BCUT2D eigenvalue weighted by Gasteiger charge is 2.19. The van der Waals surface area contributed by atoms with Crippen LogP contribution in [-0.4, -0.2) is 27.6 Å². The van der Waals surface area contributed by atoms with Crippen molar-refractivity contribution < 1.29 is 13.2 Å². The van der Waals surface area contributed by atoms with Crippen LogP contribution in [0.5, 0.6) is 5.75 Å². The lowest BCUT2D eigenvalue weighted by molar-refractivity contribution is 0.411. The predicted molar refractivity (Wildman–Crippen MR) is 71.2 cm³/mol. The summed E-state index contributed by atoms with van der Waals surface area (Å²) >= 11 is 0. The Kier molecular flexibility index (Phi) is 4.37. The van der Waals surface area contributed by atoms with Crippen molar-refractivity contribution in [3.8, 4) is 5.75 Å². The zero-order valence-electron chi connectivity index (χ0n) is 11.1. The van der Waals surface area contributed by atoms with Gasteiger partial charge in [-0.05, 0) is 44.5 Å². The first-order chi connectivity index (χ1) is 8.15. The van der Waals surface area contributed by atoms with Crippen LogP contribution in [0.4, 0.5) is 0 Å². The first-order valence-corrected chi connectivity index (χ1v) is 7.07. The third-order valence-electron chi connectivity index (χ3n) is 2.39. The Labute approximate surface area is 108 Å². The summed E-state index contributed by atoms with van der Waals surface area (Å²) in [6, 6.07) is 4.72. The minimum absolute atomic E-state index is 0.181. The first-order valence-electron chi connectivity index (χ1n) is 5.59. The van der Waals surface area contributed by atoms with E-state index in [2.05, 4.69) is 4.72 Å². The van der Waals surface area contributed by atoms with Crippen LogP contribution in [0.2, 0.25) is 0 Å². The van der Waals surface area contributed by atoms with Crippen LogP contribution in [0.15, 0.2) is 23.1 Å². The van der Waals surface area contributed by atoms with Gasteiger partial charge in [0.1, 0.15) is 5.75 Å². The van der Waals surface area contributed by atoms with Gasteiger partial charge >= 0.3 is 0 Å². The fourth-order valence-electron chi connectivity index (χ4n) is 1.38. The Morgan fingerprint density at radius 2 is 2.00 bits per heavy atom. The standard InChI is InChI=1S/C12H20N2O3S/c1-9-7-10(5-6-11(9)17-4)18(15,16)14-8-12(2,3)13/h5-7,14H,8,13H2,1-4H3. The van der Waals surface area contributed by atoms with Crippen LogP contribution in [0, 0.1) is 6.92 Å². The summed E-state index contributed by atoms with van der Waals surface area (Å²) in [5.41, 5.74) is 5.93. The van der Waals surface area contributed by atoms with Gasteiger partial charge in [0.25, 0.3) is 0 Å². The Morgan fingerprint density at radius 3 is 2.44 bits per heavy atom. The van der Waals surface area contributed by atoms with Gasteiger partial charge in [-0.2, -0.15) is 0 Å². The fourth-order valence-corrected chi connectivity index (χ4v) is 2.69. The Bertz CT molecular complexity index is 519. The average Bonchev–Trinajstić information content (AvgIpc) is 2.25. The van der Waals surface area contributed by atoms with Crippen LogP contribution in [-0.2, 0) is 10.0 Å². The molecule has 0 aliphatic carbocycles. The minimum atomic E-state index is -3.53. The highest BCUT2D eigenvalue weighted by molar-refractivity contribution is 7.89. The molecular formula is C12H20N2O3S. The molecule has 0 fully saturated rings. The second kappa shape index (κ2) is 5.26. The van der Waals surface area contributed by atoms with E-state index in [0.29, 0.717) is 5.75 Å². The Hall–Kier alpha value is -1.11. The van der Waals surface area contributed by atoms with Crippen molar-refractivity contribution in [1.82, 2.24) is 4.72 Å². The number of rotatable bonds is 5. The summed E-state index contributed by atoms with van der Waals surface area (Å²) in [4.78, 5) is 0.213. The van der Waals surface area contributed by atoms with Gasteiger partial charge in [0, 0.05) is 12.1 Å². The van der Waals surface area contributed by atoms with E-state index in [4.69, 9.17) is 10.5 Å². The maximum atomic E-state index is 12.0. The first kappa shape index (κ1) is 14.9. The van der Waals surface area contributed by atoms with E-state index in [9.17, 15) is 8.42 Å². The molecule has 0 atom stereocenters. The highest BCUT2D eigenvalue weighted by Crippen LogP contribution is 2.21. The second-order valence-corrected chi connectivity index (χ2v) is 6.71. The van der Waals surface area contributed by atoms with Gasteiger partial charge in [-0.15, -0.1) is 0 Å². The molecule has 0 bridgehead atoms. The van der Waals surface area contributed by atoms with Gasteiger partial charge < -0.3 is 10.5 Å². The molecule has 18 heavy (non-hydrogen) atoms. The van der Waals surface area contributed by atoms with Gasteiger partial charge in [-0.1, -0.05) is 0 Å². The fraction of sp³-hybridized carbons (Fsp3) is 0.500. The molecule has 0 saturated heterocycles. The Balaban J connectivity index is 2.96. The largest absolute Gasteiger partial charge is 0.496 e. The van der Waals surface area contributed by atoms with Crippen molar-refractivity contribution in [2.45, 2.75) is 31.2 Å². The Morgan fingerprint density at radius 1 is 1.39 bits per heavy atom. The van der Waals surface area contributed by atoms with Crippen molar-refractivity contribution in [3.05, 3.63) is 23.8 Å². The number of nitrogens with two attached hydrogens (primary N) is 1. The number of aryl methyl sites for hydroxylation is 1. The average molecular weight is 272 g/mol. The molecule has 0 aliphatic rings. The number of sulfonamides is 1. The topological polar surface area (TPSA) is 81.4 Å². The van der Waals surface area contributed by atoms with Gasteiger partial charge in [0.2, 0.25) is 10.0 Å². The number of hydrogen-bond acceptors (Lipinski definition) is 4. The summed E-state index contributed by atoms with van der Waals surface area (Å²) in [5, 5.41) is 0. The number of hydrogen-bond donors (Lipinski definition) is 2. The highest BCUT2D eigenvalue weighted by atomic mass is 32.2. The molecule has 0 amide bonds. The zero-order chi connectivity index (χ0) is 14.0. The van der Waals surface area contributed by atoms with Crippen molar-refractivity contribution in [2.24, 2.45) is 5.73 Å².